The highest BCUT2D eigenvalue weighted by atomic mass is 16.6. The minimum atomic E-state index is -0.454. The molecule has 0 spiro atoms. The summed E-state index contributed by atoms with van der Waals surface area (Å²) < 4.78 is 18.1. The first-order valence-electron chi connectivity index (χ1n) is 11.5. The number of aromatic nitrogens is 3. The van der Waals surface area contributed by atoms with E-state index >= 15 is 0 Å². The van der Waals surface area contributed by atoms with Crippen molar-refractivity contribution in [3.8, 4) is 11.5 Å². The number of likely N-dealkylation sites (tertiary alicyclic amines) is 1. The van der Waals surface area contributed by atoms with Crippen LogP contribution in [0.2, 0.25) is 0 Å². The molecule has 0 radical (unpaired) electrons. The Morgan fingerprint density at radius 2 is 1.91 bits per heavy atom. The highest BCUT2D eigenvalue weighted by Crippen LogP contribution is 2.29. The minimum absolute atomic E-state index is 0.0210. The average molecular weight is 466 g/mol. The molecule has 1 N–H and O–H groups in total. The van der Waals surface area contributed by atoms with Crippen molar-refractivity contribution < 1.29 is 19.0 Å². The predicted molar refractivity (Wildman–Crippen MR) is 124 cm³/mol. The summed E-state index contributed by atoms with van der Waals surface area (Å²) in [5, 5.41) is 2.94. The first kappa shape index (κ1) is 22.1. The lowest BCUT2D eigenvalue weighted by molar-refractivity contribution is 0.124. The number of hydrogen-bond donors (Lipinski definition) is 1. The third kappa shape index (κ3) is 5.12. The summed E-state index contributed by atoms with van der Waals surface area (Å²) in [5.74, 6) is 1.22. The highest BCUT2D eigenvalue weighted by molar-refractivity contribution is 5.73. The van der Waals surface area contributed by atoms with Crippen molar-refractivity contribution in [1.29, 1.82) is 0 Å². The Morgan fingerprint density at radius 1 is 1.09 bits per heavy atom. The molecule has 5 rings (SSSR count). The van der Waals surface area contributed by atoms with Gasteiger partial charge in [0.25, 0.3) is 5.56 Å². The molecule has 3 aromatic heterocycles. The maximum absolute atomic E-state index is 12.4. The number of carbonyl (C=O) groups excluding carboxylic acids is 1. The van der Waals surface area contributed by atoms with Crippen molar-refractivity contribution >= 4 is 17.1 Å². The number of fused-ring (bicyclic) bond motifs is 2. The lowest BCUT2D eigenvalue weighted by atomic mass is 10.1. The van der Waals surface area contributed by atoms with Gasteiger partial charge in [0.1, 0.15) is 19.8 Å². The van der Waals surface area contributed by atoms with Crippen LogP contribution in [-0.2, 0) is 17.9 Å². The second kappa shape index (κ2) is 10.1. The maximum Gasteiger partial charge on any atom is 0.407 e. The number of nitrogens with one attached hydrogen (secondary N) is 1. The van der Waals surface area contributed by atoms with E-state index in [0.717, 1.165) is 43.5 Å². The van der Waals surface area contributed by atoms with Gasteiger partial charge in [0, 0.05) is 50.6 Å². The predicted octanol–water partition coefficient (Wildman–Crippen LogP) is 1.95. The number of pyridine rings is 3. The first-order chi connectivity index (χ1) is 16.7. The second-order valence-electron chi connectivity index (χ2n) is 8.39. The molecule has 1 fully saturated rings. The normalized spacial score (nSPS) is 16.4. The molecule has 0 bridgehead atoms. The van der Waals surface area contributed by atoms with Crippen molar-refractivity contribution in [1.82, 2.24) is 24.8 Å². The number of amides is 1. The average Bonchev–Trinajstić information content (AvgIpc) is 2.87. The molecule has 10 nitrogen and oxygen atoms in total. The summed E-state index contributed by atoms with van der Waals surface area (Å²) in [7, 11) is 0. The number of alkyl carbamates (subject to hydrolysis) is 1. The van der Waals surface area contributed by atoms with Crippen LogP contribution >= 0.6 is 0 Å². The van der Waals surface area contributed by atoms with Crippen LogP contribution in [0.3, 0.4) is 0 Å². The summed E-state index contributed by atoms with van der Waals surface area (Å²) in [5.41, 5.74) is 2.25. The van der Waals surface area contributed by atoms with Gasteiger partial charge in [0.2, 0.25) is 0 Å². The van der Waals surface area contributed by atoms with Crippen molar-refractivity contribution in [2.45, 2.75) is 32.0 Å². The third-order valence-electron chi connectivity index (χ3n) is 6.14. The molecule has 0 aliphatic carbocycles. The standard InChI is InChI=1S/C24H27N5O5/c30-23-4-3-19-20(2-1-7-25-19)29(23)11-10-28-8-5-17(6-9-28)27-24(31)34-16-18-14-21-22(15-26-18)33-13-12-32-21/h1-4,7,14-15,17H,5-6,8-13,16H2,(H,27,31). The van der Waals surface area contributed by atoms with E-state index in [0.29, 0.717) is 37.0 Å². The minimum Gasteiger partial charge on any atom is -0.486 e. The Morgan fingerprint density at radius 3 is 2.76 bits per heavy atom. The molecular weight excluding hydrogens is 438 g/mol. The van der Waals surface area contributed by atoms with E-state index < -0.39 is 6.09 Å². The largest absolute Gasteiger partial charge is 0.486 e. The number of ether oxygens (including phenoxy) is 3. The molecule has 5 heterocycles. The first-order valence-corrected chi connectivity index (χ1v) is 11.5. The van der Waals surface area contributed by atoms with E-state index in [1.165, 1.54) is 0 Å². The molecule has 0 aromatic carbocycles. The number of nitrogens with zero attached hydrogens (tertiary/aromatic N) is 4. The van der Waals surface area contributed by atoms with E-state index in [2.05, 4.69) is 20.2 Å². The summed E-state index contributed by atoms with van der Waals surface area (Å²) in [6, 6.07) is 8.88. The Balaban J connectivity index is 1.06. The Hall–Kier alpha value is -3.66. The van der Waals surface area contributed by atoms with E-state index in [4.69, 9.17) is 14.2 Å². The number of rotatable bonds is 6. The maximum atomic E-state index is 12.4. The fourth-order valence-electron chi connectivity index (χ4n) is 4.31. The van der Waals surface area contributed by atoms with E-state index in [1.807, 2.05) is 12.1 Å². The number of piperidine rings is 1. The Labute approximate surface area is 196 Å². The van der Waals surface area contributed by atoms with Gasteiger partial charge in [-0.25, -0.2) is 4.79 Å². The summed E-state index contributed by atoms with van der Waals surface area (Å²) in [6.07, 6.45) is 4.51. The van der Waals surface area contributed by atoms with Gasteiger partial charge in [0.05, 0.1) is 22.9 Å². The lowest BCUT2D eigenvalue weighted by Crippen LogP contribution is -2.45. The fourth-order valence-corrected chi connectivity index (χ4v) is 4.31. The zero-order valence-corrected chi connectivity index (χ0v) is 18.8. The highest BCUT2D eigenvalue weighted by Gasteiger charge is 2.21. The molecule has 3 aromatic rings. The molecule has 1 saturated heterocycles. The quantitative estimate of drug-likeness (QED) is 0.589. The summed E-state index contributed by atoms with van der Waals surface area (Å²) >= 11 is 0. The molecule has 10 heteroatoms. The van der Waals surface area contributed by atoms with E-state index in [9.17, 15) is 9.59 Å². The molecule has 178 valence electrons. The van der Waals surface area contributed by atoms with Gasteiger partial charge in [-0.2, -0.15) is 0 Å². The molecule has 1 amide bonds. The SMILES string of the molecule is O=C(NC1CCN(CCn2c(=O)ccc3ncccc32)CC1)OCc1cc2c(cn1)OCCO2. The molecular formula is C24H27N5O5. The van der Waals surface area contributed by atoms with Crippen LogP contribution in [0.5, 0.6) is 11.5 Å². The van der Waals surface area contributed by atoms with Gasteiger partial charge in [0.15, 0.2) is 11.5 Å². The van der Waals surface area contributed by atoms with Gasteiger partial charge in [-0.3, -0.25) is 14.8 Å². The number of hydrogen-bond acceptors (Lipinski definition) is 8. The van der Waals surface area contributed by atoms with Crippen molar-refractivity contribution in [2.75, 3.05) is 32.8 Å². The lowest BCUT2D eigenvalue weighted by Gasteiger charge is -2.32. The number of carbonyl (C=O) groups is 1. The monoisotopic (exact) mass is 465 g/mol. The molecule has 0 atom stereocenters. The summed E-state index contributed by atoms with van der Waals surface area (Å²) in [6.45, 7) is 4.11. The third-order valence-corrected chi connectivity index (χ3v) is 6.14. The van der Waals surface area contributed by atoms with Crippen LogP contribution in [0.1, 0.15) is 18.5 Å². The summed E-state index contributed by atoms with van der Waals surface area (Å²) in [4.78, 5) is 35.5. The zero-order valence-electron chi connectivity index (χ0n) is 18.8. The van der Waals surface area contributed by atoms with Crippen LogP contribution in [0.4, 0.5) is 4.79 Å². The van der Waals surface area contributed by atoms with Gasteiger partial charge in [-0.15, -0.1) is 0 Å². The Kier molecular flexibility index (Phi) is 6.57. The fraction of sp³-hybridized carbons (Fsp3) is 0.417. The molecule has 0 unspecified atom stereocenters. The second-order valence-corrected chi connectivity index (χ2v) is 8.39. The topological polar surface area (TPSA) is 108 Å². The van der Waals surface area contributed by atoms with E-state index in [1.54, 1.807) is 35.2 Å². The van der Waals surface area contributed by atoms with Crippen molar-refractivity contribution in [3.05, 3.63) is 58.8 Å². The van der Waals surface area contributed by atoms with Crippen LogP contribution in [0, 0.1) is 0 Å². The Bertz CT molecular complexity index is 1220. The van der Waals surface area contributed by atoms with Gasteiger partial charge in [-0.05, 0) is 31.0 Å². The van der Waals surface area contributed by atoms with Gasteiger partial charge >= 0.3 is 6.09 Å². The van der Waals surface area contributed by atoms with Crippen molar-refractivity contribution in [3.63, 3.8) is 0 Å². The van der Waals surface area contributed by atoms with E-state index in [-0.39, 0.29) is 18.2 Å². The zero-order chi connectivity index (χ0) is 23.3. The van der Waals surface area contributed by atoms with Crippen LogP contribution in [-0.4, -0.2) is 64.4 Å². The smallest absolute Gasteiger partial charge is 0.407 e. The van der Waals surface area contributed by atoms with Crippen LogP contribution in [0.15, 0.2) is 47.5 Å². The molecule has 2 aliphatic rings. The molecule has 0 saturated carbocycles. The molecule has 2 aliphatic heterocycles. The van der Waals surface area contributed by atoms with Crippen molar-refractivity contribution in [2.24, 2.45) is 0 Å². The molecule has 34 heavy (non-hydrogen) atoms. The van der Waals surface area contributed by atoms with Crippen LogP contribution in [0.25, 0.3) is 11.0 Å². The van der Waals surface area contributed by atoms with Crippen LogP contribution < -0.4 is 20.3 Å². The van der Waals surface area contributed by atoms with Gasteiger partial charge < -0.3 is 29.0 Å². The van der Waals surface area contributed by atoms with Gasteiger partial charge in [-0.1, -0.05) is 0 Å².